The van der Waals surface area contributed by atoms with Gasteiger partial charge in [-0.05, 0) is 18.9 Å². The van der Waals surface area contributed by atoms with Crippen molar-refractivity contribution in [2.24, 2.45) is 0 Å². The lowest BCUT2D eigenvalue weighted by atomic mass is 10.0. The molecule has 3 nitrogen and oxygen atoms in total. The van der Waals surface area contributed by atoms with Gasteiger partial charge in [-0.3, -0.25) is 0 Å². The molecule has 1 heterocycles. The topological polar surface area (TPSA) is 54.4 Å². The van der Waals surface area contributed by atoms with Crippen LogP contribution in [0.15, 0.2) is 12.1 Å². The highest BCUT2D eigenvalue weighted by Crippen LogP contribution is 2.32. The summed E-state index contributed by atoms with van der Waals surface area (Å²) in [6.45, 7) is 0. The first-order valence-electron chi connectivity index (χ1n) is 5.87. The molecule has 1 aliphatic heterocycles. The van der Waals surface area contributed by atoms with E-state index in [-0.39, 0.29) is 12.2 Å². The van der Waals surface area contributed by atoms with E-state index < -0.39 is 44.2 Å². The standard InChI is InChI=1S/C12H13F3O3S/c13-8-5-4-7(10(14)11(8)15)12(16)9-3-1-2-6-19(9,17)18/h4-5,9,12,16H,1-3,6H2. The summed E-state index contributed by atoms with van der Waals surface area (Å²) in [5.74, 6) is -4.70. The van der Waals surface area contributed by atoms with Crippen LogP contribution >= 0.6 is 0 Å². The molecule has 0 radical (unpaired) electrons. The van der Waals surface area contributed by atoms with Gasteiger partial charge >= 0.3 is 0 Å². The third kappa shape index (κ3) is 2.62. The second-order valence-electron chi connectivity index (χ2n) is 4.61. The summed E-state index contributed by atoms with van der Waals surface area (Å²) in [5.41, 5.74) is -0.519. The van der Waals surface area contributed by atoms with E-state index in [0.717, 1.165) is 6.07 Å². The predicted octanol–water partition coefficient (Wildman–Crippen LogP) is 2.10. The third-order valence-electron chi connectivity index (χ3n) is 3.36. The number of sulfone groups is 1. The second-order valence-corrected chi connectivity index (χ2v) is 6.95. The Hall–Kier alpha value is -1.08. The van der Waals surface area contributed by atoms with Crippen molar-refractivity contribution in [3.63, 3.8) is 0 Å². The van der Waals surface area contributed by atoms with Crippen molar-refractivity contribution in [1.82, 2.24) is 0 Å². The fraction of sp³-hybridized carbons (Fsp3) is 0.500. The number of rotatable bonds is 2. The molecule has 106 valence electrons. The molecule has 1 fully saturated rings. The summed E-state index contributed by atoms with van der Waals surface area (Å²) >= 11 is 0. The van der Waals surface area contributed by atoms with Crippen LogP contribution in [0, 0.1) is 17.5 Å². The van der Waals surface area contributed by atoms with E-state index in [2.05, 4.69) is 0 Å². The summed E-state index contributed by atoms with van der Waals surface area (Å²) in [6.07, 6.45) is -0.416. The maximum Gasteiger partial charge on any atom is 0.194 e. The van der Waals surface area contributed by atoms with Crippen LogP contribution in [-0.2, 0) is 9.84 Å². The Morgan fingerprint density at radius 2 is 1.84 bits per heavy atom. The van der Waals surface area contributed by atoms with Gasteiger partial charge in [-0.2, -0.15) is 0 Å². The monoisotopic (exact) mass is 294 g/mol. The van der Waals surface area contributed by atoms with Gasteiger partial charge in [0.05, 0.1) is 17.1 Å². The van der Waals surface area contributed by atoms with Crippen LogP contribution < -0.4 is 0 Å². The Morgan fingerprint density at radius 1 is 1.16 bits per heavy atom. The minimum Gasteiger partial charge on any atom is -0.387 e. The molecule has 2 rings (SSSR count). The summed E-state index contributed by atoms with van der Waals surface area (Å²) < 4.78 is 63.1. The van der Waals surface area contributed by atoms with Gasteiger partial charge in [-0.15, -0.1) is 0 Å². The maximum absolute atomic E-state index is 13.5. The molecule has 2 atom stereocenters. The number of benzene rings is 1. The minimum absolute atomic E-state index is 0.0833. The average molecular weight is 294 g/mol. The molecule has 7 heteroatoms. The van der Waals surface area contributed by atoms with Crippen LogP contribution in [0.25, 0.3) is 0 Å². The van der Waals surface area contributed by atoms with Crippen molar-refractivity contribution in [3.05, 3.63) is 35.1 Å². The SMILES string of the molecule is O=S1(=O)CCCCC1C(O)c1ccc(F)c(F)c1F. The fourth-order valence-corrected chi connectivity index (χ4v) is 4.28. The van der Waals surface area contributed by atoms with E-state index in [1.165, 1.54) is 0 Å². The summed E-state index contributed by atoms with van der Waals surface area (Å²) in [5, 5.41) is 8.80. The van der Waals surface area contributed by atoms with E-state index in [1.54, 1.807) is 0 Å². The van der Waals surface area contributed by atoms with Crippen LogP contribution in [0.2, 0.25) is 0 Å². The van der Waals surface area contributed by atoms with E-state index in [4.69, 9.17) is 0 Å². The van der Waals surface area contributed by atoms with Crippen LogP contribution in [0.3, 0.4) is 0 Å². The molecular weight excluding hydrogens is 281 g/mol. The van der Waals surface area contributed by atoms with Gasteiger partial charge in [0.1, 0.15) is 0 Å². The zero-order valence-corrected chi connectivity index (χ0v) is 10.8. The van der Waals surface area contributed by atoms with Gasteiger partial charge in [0.2, 0.25) is 0 Å². The molecule has 19 heavy (non-hydrogen) atoms. The highest BCUT2D eigenvalue weighted by molar-refractivity contribution is 7.92. The minimum atomic E-state index is -3.54. The zero-order valence-electron chi connectivity index (χ0n) is 9.94. The number of hydrogen-bond donors (Lipinski definition) is 1. The Bertz CT molecular complexity index is 586. The average Bonchev–Trinajstić information content (AvgIpc) is 2.35. The molecule has 0 amide bonds. The largest absolute Gasteiger partial charge is 0.387 e. The predicted molar refractivity (Wildman–Crippen MR) is 62.7 cm³/mol. The summed E-state index contributed by atoms with van der Waals surface area (Å²) in [7, 11) is -3.54. The molecule has 0 aromatic heterocycles. The first kappa shape index (κ1) is 14.3. The molecule has 1 aliphatic rings. The molecule has 0 saturated carbocycles. The lowest BCUT2D eigenvalue weighted by Gasteiger charge is -2.27. The molecule has 0 spiro atoms. The third-order valence-corrected chi connectivity index (χ3v) is 5.64. The molecule has 1 saturated heterocycles. The molecular formula is C12H13F3O3S. The van der Waals surface area contributed by atoms with E-state index in [1.807, 2.05) is 0 Å². The van der Waals surface area contributed by atoms with Crippen molar-refractivity contribution in [3.8, 4) is 0 Å². The van der Waals surface area contributed by atoms with E-state index in [9.17, 15) is 26.7 Å². The smallest absolute Gasteiger partial charge is 0.194 e. The first-order valence-corrected chi connectivity index (χ1v) is 7.59. The van der Waals surface area contributed by atoms with Gasteiger partial charge in [-0.25, -0.2) is 21.6 Å². The van der Waals surface area contributed by atoms with Gasteiger partial charge in [0.15, 0.2) is 27.3 Å². The molecule has 0 aliphatic carbocycles. The zero-order chi connectivity index (χ0) is 14.2. The summed E-state index contributed by atoms with van der Waals surface area (Å²) in [6, 6.07) is 1.55. The van der Waals surface area contributed by atoms with Crippen molar-refractivity contribution < 1.29 is 26.7 Å². The number of hydrogen-bond acceptors (Lipinski definition) is 3. The molecule has 0 bridgehead atoms. The Labute approximate surface area is 109 Å². The van der Waals surface area contributed by atoms with Crippen LogP contribution in [0.4, 0.5) is 13.2 Å². The van der Waals surface area contributed by atoms with Crippen LogP contribution in [-0.4, -0.2) is 24.5 Å². The van der Waals surface area contributed by atoms with E-state index >= 15 is 0 Å². The molecule has 1 aromatic rings. The van der Waals surface area contributed by atoms with Crippen LogP contribution in [0.1, 0.15) is 30.9 Å². The number of halogens is 3. The molecule has 1 aromatic carbocycles. The number of aliphatic hydroxyl groups excluding tert-OH is 1. The lowest BCUT2D eigenvalue weighted by molar-refractivity contribution is 0.158. The molecule has 2 unspecified atom stereocenters. The van der Waals surface area contributed by atoms with Crippen LogP contribution in [0.5, 0.6) is 0 Å². The van der Waals surface area contributed by atoms with Crippen molar-refractivity contribution in [2.75, 3.05) is 5.75 Å². The highest BCUT2D eigenvalue weighted by atomic mass is 32.2. The van der Waals surface area contributed by atoms with Gasteiger partial charge in [0, 0.05) is 5.56 Å². The van der Waals surface area contributed by atoms with E-state index in [0.29, 0.717) is 18.9 Å². The quantitative estimate of drug-likeness (QED) is 0.850. The summed E-state index contributed by atoms with van der Waals surface area (Å²) in [4.78, 5) is 0. The maximum atomic E-state index is 13.5. The number of aliphatic hydroxyl groups is 1. The van der Waals surface area contributed by atoms with Gasteiger partial charge < -0.3 is 5.11 Å². The Balaban J connectivity index is 2.39. The highest BCUT2D eigenvalue weighted by Gasteiger charge is 2.37. The van der Waals surface area contributed by atoms with Gasteiger partial charge in [-0.1, -0.05) is 12.5 Å². The van der Waals surface area contributed by atoms with Crippen molar-refractivity contribution in [1.29, 1.82) is 0 Å². The van der Waals surface area contributed by atoms with Crippen molar-refractivity contribution in [2.45, 2.75) is 30.6 Å². The Morgan fingerprint density at radius 3 is 2.47 bits per heavy atom. The Kier molecular flexibility index (Phi) is 3.87. The first-order chi connectivity index (χ1) is 8.84. The van der Waals surface area contributed by atoms with Crippen molar-refractivity contribution >= 4 is 9.84 Å². The van der Waals surface area contributed by atoms with Gasteiger partial charge in [0.25, 0.3) is 0 Å². The molecule has 1 N–H and O–H groups in total. The lowest BCUT2D eigenvalue weighted by Crippen LogP contribution is -2.34. The fourth-order valence-electron chi connectivity index (χ4n) is 2.30. The normalized spacial score (nSPS) is 24.1. The second kappa shape index (κ2) is 5.13.